The molecule has 4 atom stereocenters. The number of ether oxygens (including phenoxy) is 1. The van der Waals surface area contributed by atoms with Crippen molar-refractivity contribution in [2.75, 3.05) is 13.2 Å². The molecule has 1 aromatic carbocycles. The number of nitrogens with zero attached hydrogens (tertiary/aromatic N) is 1. The van der Waals surface area contributed by atoms with Crippen LogP contribution in [0.1, 0.15) is 37.9 Å². The summed E-state index contributed by atoms with van der Waals surface area (Å²) >= 11 is 0. The molecule has 6 nitrogen and oxygen atoms in total. The first-order valence-electron chi connectivity index (χ1n) is 8.80. The van der Waals surface area contributed by atoms with Crippen molar-refractivity contribution in [1.29, 1.82) is 0 Å². The highest BCUT2D eigenvalue weighted by molar-refractivity contribution is 6.08. The maximum atomic E-state index is 12.9. The van der Waals surface area contributed by atoms with Gasteiger partial charge >= 0.3 is 5.97 Å². The molecule has 2 fully saturated rings. The number of benzene rings is 1. The molecule has 2 aliphatic heterocycles. The molecule has 0 aromatic heterocycles. The zero-order valence-corrected chi connectivity index (χ0v) is 15.1. The molecule has 2 amide bonds. The van der Waals surface area contributed by atoms with Gasteiger partial charge in [-0.15, -0.1) is 0 Å². The number of fused-ring (bicyclic) bond motifs is 1. The van der Waals surface area contributed by atoms with Crippen molar-refractivity contribution >= 4 is 17.8 Å². The van der Waals surface area contributed by atoms with Crippen LogP contribution in [0.25, 0.3) is 0 Å². The topological polar surface area (TPSA) is 80.3 Å². The molecule has 25 heavy (non-hydrogen) atoms. The molecule has 0 saturated carbocycles. The van der Waals surface area contributed by atoms with Gasteiger partial charge in [0.25, 0.3) is 0 Å². The number of quaternary nitrogens is 1. The van der Waals surface area contributed by atoms with Crippen LogP contribution in [0.3, 0.4) is 0 Å². The number of amides is 2. The van der Waals surface area contributed by atoms with Crippen LogP contribution in [0.5, 0.6) is 0 Å². The Balaban J connectivity index is 2.11. The van der Waals surface area contributed by atoms with Gasteiger partial charge in [0.2, 0.25) is 17.4 Å². The van der Waals surface area contributed by atoms with Crippen LogP contribution < -0.4 is 5.32 Å². The van der Waals surface area contributed by atoms with E-state index >= 15 is 0 Å². The minimum absolute atomic E-state index is 0.185. The van der Waals surface area contributed by atoms with Gasteiger partial charge in [0, 0.05) is 19.0 Å². The Morgan fingerprint density at radius 1 is 1.24 bits per heavy atom. The highest BCUT2D eigenvalue weighted by Crippen LogP contribution is 2.44. The Labute approximate surface area is 147 Å². The predicted molar refractivity (Wildman–Crippen MR) is 90.3 cm³/mol. The van der Waals surface area contributed by atoms with Gasteiger partial charge < -0.3 is 10.1 Å². The minimum Gasteiger partial charge on any atom is -0.461 e. The maximum Gasteiger partial charge on any atom is 0.368 e. The number of hydrogen-bond acceptors (Lipinski definition) is 4. The number of aryl methyl sites for hydroxylation is 1. The number of likely N-dealkylation sites (tertiary alicyclic amines) is 1. The first kappa shape index (κ1) is 17.6. The third-order valence-corrected chi connectivity index (χ3v) is 5.58. The molecular formula is C19H25N2O4+. The lowest BCUT2D eigenvalue weighted by Crippen LogP contribution is -2.97. The SMILES string of the molecule is CCOC(=O)[C@]1(C)[NH2+][C@@H](c2ccccc2C)[C@H]2C(=O)N(CC)C(=O)[C@@H]21. The molecule has 0 unspecified atom stereocenters. The van der Waals surface area contributed by atoms with Gasteiger partial charge in [-0.1, -0.05) is 24.3 Å². The van der Waals surface area contributed by atoms with Crippen molar-refractivity contribution in [3.8, 4) is 0 Å². The summed E-state index contributed by atoms with van der Waals surface area (Å²) in [4.78, 5) is 39.8. The van der Waals surface area contributed by atoms with E-state index in [1.165, 1.54) is 4.90 Å². The fraction of sp³-hybridized carbons (Fsp3) is 0.526. The number of esters is 1. The molecule has 6 heteroatoms. The van der Waals surface area contributed by atoms with E-state index in [0.717, 1.165) is 11.1 Å². The number of carbonyl (C=O) groups is 3. The Hall–Kier alpha value is -2.21. The number of nitrogens with two attached hydrogens (primary N) is 1. The summed E-state index contributed by atoms with van der Waals surface area (Å²) in [5, 5.41) is 1.87. The number of rotatable bonds is 4. The Kier molecular flexibility index (Phi) is 4.41. The van der Waals surface area contributed by atoms with Crippen molar-refractivity contribution in [3.05, 3.63) is 35.4 Å². The van der Waals surface area contributed by atoms with Crippen LogP contribution in [0.15, 0.2) is 24.3 Å². The van der Waals surface area contributed by atoms with Crippen molar-refractivity contribution in [2.45, 2.75) is 39.3 Å². The quantitative estimate of drug-likeness (QED) is 0.639. The van der Waals surface area contributed by atoms with Crippen molar-refractivity contribution < 1.29 is 24.4 Å². The molecule has 3 rings (SSSR count). The van der Waals surface area contributed by atoms with Gasteiger partial charge in [-0.2, -0.15) is 0 Å². The lowest BCUT2D eigenvalue weighted by Gasteiger charge is -2.26. The van der Waals surface area contributed by atoms with Gasteiger partial charge in [-0.25, -0.2) is 4.79 Å². The zero-order chi connectivity index (χ0) is 18.4. The lowest BCUT2D eigenvalue weighted by atomic mass is 9.80. The van der Waals surface area contributed by atoms with E-state index in [4.69, 9.17) is 4.74 Å². The average molecular weight is 345 g/mol. The van der Waals surface area contributed by atoms with E-state index in [2.05, 4.69) is 0 Å². The van der Waals surface area contributed by atoms with E-state index in [1.54, 1.807) is 20.8 Å². The molecule has 0 aliphatic carbocycles. The Bertz CT molecular complexity index is 732. The molecule has 1 aromatic rings. The van der Waals surface area contributed by atoms with Crippen molar-refractivity contribution in [2.24, 2.45) is 11.8 Å². The Morgan fingerprint density at radius 3 is 2.52 bits per heavy atom. The number of imide groups is 1. The van der Waals surface area contributed by atoms with Gasteiger partial charge in [0.05, 0.1) is 6.61 Å². The van der Waals surface area contributed by atoms with Gasteiger partial charge in [0.1, 0.15) is 17.9 Å². The van der Waals surface area contributed by atoms with Crippen LogP contribution in [0.2, 0.25) is 0 Å². The molecule has 134 valence electrons. The van der Waals surface area contributed by atoms with E-state index in [0.29, 0.717) is 6.54 Å². The van der Waals surface area contributed by atoms with E-state index in [-0.39, 0.29) is 24.5 Å². The minimum atomic E-state index is -1.09. The average Bonchev–Trinajstić information content (AvgIpc) is 3.03. The van der Waals surface area contributed by atoms with Crippen molar-refractivity contribution in [3.63, 3.8) is 0 Å². The normalized spacial score (nSPS) is 31.4. The smallest absolute Gasteiger partial charge is 0.368 e. The highest BCUT2D eigenvalue weighted by Gasteiger charge is 2.70. The molecule has 0 radical (unpaired) electrons. The highest BCUT2D eigenvalue weighted by atomic mass is 16.5. The summed E-state index contributed by atoms with van der Waals surface area (Å²) < 4.78 is 5.25. The largest absolute Gasteiger partial charge is 0.461 e. The fourth-order valence-corrected chi connectivity index (χ4v) is 4.36. The first-order valence-corrected chi connectivity index (χ1v) is 8.80. The monoisotopic (exact) mass is 345 g/mol. The number of carbonyl (C=O) groups excluding carboxylic acids is 3. The summed E-state index contributed by atoms with van der Waals surface area (Å²) in [5.41, 5.74) is 0.944. The standard InChI is InChI=1S/C19H24N2O4/c1-5-21-16(22)13-14(17(21)23)19(4,18(24)25-6-2)20-15(13)12-10-8-7-9-11(12)3/h7-10,13-15,20H,5-6H2,1-4H3/p+1/t13-,14+,15-,19+/m0/s1. The maximum absolute atomic E-state index is 12.9. The predicted octanol–water partition coefficient (Wildman–Crippen LogP) is 0.556. The summed E-state index contributed by atoms with van der Waals surface area (Å²) in [5.74, 6) is -2.11. The third kappa shape index (κ3) is 2.47. The molecule has 2 N–H and O–H groups in total. The summed E-state index contributed by atoms with van der Waals surface area (Å²) in [6, 6.07) is 7.54. The van der Waals surface area contributed by atoms with E-state index in [9.17, 15) is 14.4 Å². The molecule has 0 bridgehead atoms. The van der Waals surface area contributed by atoms with Gasteiger partial charge in [0.15, 0.2) is 0 Å². The molecule has 0 spiro atoms. The van der Waals surface area contributed by atoms with Crippen molar-refractivity contribution in [1.82, 2.24) is 4.90 Å². The van der Waals surface area contributed by atoms with Crippen LogP contribution in [0, 0.1) is 18.8 Å². The van der Waals surface area contributed by atoms with Gasteiger partial charge in [-0.3, -0.25) is 14.5 Å². The van der Waals surface area contributed by atoms with Crippen LogP contribution in [-0.2, 0) is 19.1 Å². The second-order valence-electron chi connectivity index (χ2n) is 6.98. The molecule has 2 saturated heterocycles. The summed E-state index contributed by atoms with van der Waals surface area (Å²) in [6.45, 7) is 7.80. The first-order chi connectivity index (χ1) is 11.9. The number of hydrogen-bond donors (Lipinski definition) is 1. The fourth-order valence-electron chi connectivity index (χ4n) is 4.36. The van der Waals surface area contributed by atoms with E-state index < -0.39 is 23.3 Å². The summed E-state index contributed by atoms with van der Waals surface area (Å²) in [7, 11) is 0. The molecule has 2 heterocycles. The summed E-state index contributed by atoms with van der Waals surface area (Å²) in [6.07, 6.45) is 0. The second-order valence-corrected chi connectivity index (χ2v) is 6.98. The van der Waals surface area contributed by atoms with Crippen LogP contribution in [0.4, 0.5) is 0 Å². The molecule has 2 aliphatic rings. The van der Waals surface area contributed by atoms with Gasteiger partial charge in [-0.05, 0) is 26.3 Å². The zero-order valence-electron chi connectivity index (χ0n) is 15.1. The lowest BCUT2D eigenvalue weighted by molar-refractivity contribution is -0.731. The van der Waals surface area contributed by atoms with Crippen LogP contribution in [-0.4, -0.2) is 41.4 Å². The molecular weight excluding hydrogens is 320 g/mol. The third-order valence-electron chi connectivity index (χ3n) is 5.58. The second kappa shape index (κ2) is 6.26. The Morgan fingerprint density at radius 2 is 1.92 bits per heavy atom. The van der Waals surface area contributed by atoms with Crippen LogP contribution >= 0.6 is 0 Å². The van der Waals surface area contributed by atoms with E-state index in [1.807, 2.05) is 36.5 Å².